The summed E-state index contributed by atoms with van der Waals surface area (Å²) >= 11 is 9.06. The lowest BCUT2D eigenvalue weighted by molar-refractivity contribution is -0.127. The number of imidazole rings is 1. The van der Waals surface area contributed by atoms with Crippen LogP contribution in [0.1, 0.15) is 16.3 Å². The standard InChI is InChI=1S/C17H18ClN3OS2/c1-11-8-21-15(12(2)19-17(21)24-11)9-20(3)16(22)10-23-14-6-4-13(18)5-7-14/h4-8H,9-10H2,1-3H3. The van der Waals surface area contributed by atoms with E-state index in [1.807, 2.05) is 38.2 Å². The Morgan fingerprint density at radius 1 is 1.33 bits per heavy atom. The first kappa shape index (κ1) is 17.3. The first-order chi connectivity index (χ1) is 11.4. The summed E-state index contributed by atoms with van der Waals surface area (Å²) in [4.78, 5) is 22.0. The van der Waals surface area contributed by atoms with Crippen LogP contribution in [0.15, 0.2) is 35.4 Å². The predicted octanol–water partition coefficient (Wildman–Crippen LogP) is 4.42. The fourth-order valence-electron chi connectivity index (χ4n) is 2.40. The number of thiazole rings is 1. The highest BCUT2D eigenvalue weighted by atomic mass is 35.5. The molecule has 0 aliphatic carbocycles. The zero-order valence-electron chi connectivity index (χ0n) is 13.7. The van der Waals surface area contributed by atoms with E-state index in [9.17, 15) is 4.79 Å². The second kappa shape index (κ2) is 7.17. The molecule has 3 aromatic rings. The van der Waals surface area contributed by atoms with Gasteiger partial charge in [0.05, 0.1) is 23.7 Å². The number of thioether (sulfide) groups is 1. The molecule has 0 aliphatic heterocycles. The predicted molar refractivity (Wildman–Crippen MR) is 101 cm³/mol. The summed E-state index contributed by atoms with van der Waals surface area (Å²) in [6, 6.07) is 7.53. The summed E-state index contributed by atoms with van der Waals surface area (Å²) in [6.07, 6.45) is 2.08. The maximum absolute atomic E-state index is 12.4. The maximum Gasteiger partial charge on any atom is 0.233 e. The van der Waals surface area contributed by atoms with Gasteiger partial charge in [-0.15, -0.1) is 23.1 Å². The van der Waals surface area contributed by atoms with Crippen molar-refractivity contribution in [3.05, 3.63) is 51.7 Å². The van der Waals surface area contributed by atoms with Crippen LogP contribution in [0.4, 0.5) is 0 Å². The molecular formula is C17H18ClN3OS2. The second-order valence-corrected chi connectivity index (χ2v) is 8.33. The maximum atomic E-state index is 12.4. The first-order valence-electron chi connectivity index (χ1n) is 7.50. The lowest BCUT2D eigenvalue weighted by atomic mass is 10.3. The topological polar surface area (TPSA) is 37.6 Å². The fourth-order valence-corrected chi connectivity index (χ4v) is 4.25. The van der Waals surface area contributed by atoms with Crippen LogP contribution in [-0.2, 0) is 11.3 Å². The van der Waals surface area contributed by atoms with Crippen LogP contribution in [0, 0.1) is 13.8 Å². The van der Waals surface area contributed by atoms with Crippen molar-refractivity contribution >= 4 is 45.6 Å². The third kappa shape index (κ3) is 3.77. The average Bonchev–Trinajstić information content (AvgIpc) is 3.03. The molecule has 3 rings (SSSR count). The summed E-state index contributed by atoms with van der Waals surface area (Å²) in [5.41, 5.74) is 2.05. The van der Waals surface area contributed by atoms with Crippen LogP contribution in [0.3, 0.4) is 0 Å². The number of aromatic nitrogens is 2. The van der Waals surface area contributed by atoms with E-state index in [4.69, 9.17) is 11.6 Å². The summed E-state index contributed by atoms with van der Waals surface area (Å²) in [6.45, 7) is 4.62. The van der Waals surface area contributed by atoms with Crippen LogP contribution < -0.4 is 0 Å². The zero-order chi connectivity index (χ0) is 17.3. The van der Waals surface area contributed by atoms with Crippen LogP contribution in [0.5, 0.6) is 0 Å². The van der Waals surface area contributed by atoms with Crippen molar-refractivity contribution in [1.82, 2.24) is 14.3 Å². The number of carbonyl (C=O) groups excluding carboxylic acids is 1. The quantitative estimate of drug-likeness (QED) is 0.616. The van der Waals surface area contributed by atoms with E-state index in [1.54, 1.807) is 16.2 Å². The fraction of sp³-hybridized carbons (Fsp3) is 0.294. The number of hydrogen-bond acceptors (Lipinski definition) is 4. The summed E-state index contributed by atoms with van der Waals surface area (Å²) < 4.78 is 2.09. The molecule has 4 nitrogen and oxygen atoms in total. The molecule has 2 heterocycles. The Morgan fingerprint density at radius 2 is 2.04 bits per heavy atom. The Morgan fingerprint density at radius 3 is 2.75 bits per heavy atom. The Balaban J connectivity index is 1.64. The van der Waals surface area contributed by atoms with Gasteiger partial charge in [-0.2, -0.15) is 0 Å². The molecule has 0 fully saturated rings. The lowest BCUT2D eigenvalue weighted by Crippen LogP contribution is -2.28. The van der Waals surface area contributed by atoms with E-state index < -0.39 is 0 Å². The molecule has 126 valence electrons. The monoisotopic (exact) mass is 379 g/mol. The number of fused-ring (bicyclic) bond motifs is 1. The minimum Gasteiger partial charge on any atom is -0.339 e. The number of rotatable bonds is 5. The van der Waals surface area contributed by atoms with E-state index in [1.165, 1.54) is 16.6 Å². The van der Waals surface area contributed by atoms with E-state index in [-0.39, 0.29) is 5.91 Å². The van der Waals surface area contributed by atoms with Gasteiger partial charge in [-0.25, -0.2) is 4.98 Å². The van der Waals surface area contributed by atoms with Gasteiger partial charge in [-0.1, -0.05) is 11.6 Å². The molecule has 0 aliphatic rings. The Kier molecular flexibility index (Phi) is 5.18. The normalized spacial score (nSPS) is 11.2. The van der Waals surface area contributed by atoms with Crippen molar-refractivity contribution in [2.75, 3.05) is 12.8 Å². The molecule has 0 saturated carbocycles. The highest BCUT2D eigenvalue weighted by Gasteiger charge is 2.16. The third-order valence-electron chi connectivity index (χ3n) is 3.73. The average molecular weight is 380 g/mol. The third-order valence-corrected chi connectivity index (χ3v) is 5.88. The lowest BCUT2D eigenvalue weighted by Gasteiger charge is -2.17. The molecule has 0 spiro atoms. The van der Waals surface area contributed by atoms with Gasteiger partial charge in [0.1, 0.15) is 0 Å². The molecule has 7 heteroatoms. The zero-order valence-corrected chi connectivity index (χ0v) is 16.1. The van der Waals surface area contributed by atoms with Gasteiger partial charge in [0, 0.05) is 28.0 Å². The van der Waals surface area contributed by atoms with Crippen LogP contribution in [0.25, 0.3) is 4.96 Å². The van der Waals surface area contributed by atoms with Crippen molar-refractivity contribution < 1.29 is 4.79 Å². The van der Waals surface area contributed by atoms with Gasteiger partial charge in [0.25, 0.3) is 0 Å². The number of halogens is 1. The van der Waals surface area contributed by atoms with Crippen molar-refractivity contribution in [1.29, 1.82) is 0 Å². The van der Waals surface area contributed by atoms with Crippen LogP contribution in [-0.4, -0.2) is 33.0 Å². The molecule has 1 amide bonds. The number of aryl methyl sites for hydroxylation is 2. The van der Waals surface area contributed by atoms with Gasteiger partial charge in [-0.3, -0.25) is 9.20 Å². The molecule has 0 radical (unpaired) electrons. The van der Waals surface area contributed by atoms with Crippen LogP contribution in [0.2, 0.25) is 5.02 Å². The number of amides is 1. The molecule has 0 saturated heterocycles. The molecular weight excluding hydrogens is 362 g/mol. The van der Waals surface area contributed by atoms with Crippen molar-refractivity contribution in [3.8, 4) is 0 Å². The van der Waals surface area contributed by atoms with E-state index in [2.05, 4.69) is 22.5 Å². The van der Waals surface area contributed by atoms with Crippen molar-refractivity contribution in [2.45, 2.75) is 25.3 Å². The Bertz CT molecular complexity index is 870. The number of benzene rings is 1. The number of carbonyl (C=O) groups is 1. The summed E-state index contributed by atoms with van der Waals surface area (Å²) in [5.74, 6) is 0.498. The minimum absolute atomic E-state index is 0.0938. The van der Waals surface area contributed by atoms with Crippen LogP contribution >= 0.6 is 34.7 Å². The molecule has 2 aromatic heterocycles. The molecule has 0 N–H and O–H groups in total. The molecule has 24 heavy (non-hydrogen) atoms. The number of hydrogen-bond donors (Lipinski definition) is 0. The van der Waals surface area contributed by atoms with E-state index in [0.717, 1.165) is 21.2 Å². The van der Waals surface area contributed by atoms with E-state index in [0.29, 0.717) is 17.3 Å². The smallest absolute Gasteiger partial charge is 0.233 e. The largest absolute Gasteiger partial charge is 0.339 e. The van der Waals surface area contributed by atoms with Crippen molar-refractivity contribution in [2.24, 2.45) is 0 Å². The van der Waals surface area contributed by atoms with E-state index >= 15 is 0 Å². The first-order valence-corrected chi connectivity index (χ1v) is 9.68. The van der Waals surface area contributed by atoms with Gasteiger partial charge >= 0.3 is 0 Å². The molecule has 0 bridgehead atoms. The molecule has 0 atom stereocenters. The number of nitrogens with zero attached hydrogens (tertiary/aromatic N) is 3. The Hall–Kier alpha value is -1.50. The molecule has 0 unspecified atom stereocenters. The van der Waals surface area contributed by atoms with Gasteiger partial charge in [0.2, 0.25) is 5.91 Å². The molecule has 1 aromatic carbocycles. The SMILES string of the molecule is Cc1cn2c(CN(C)C(=O)CSc3ccc(Cl)cc3)c(C)nc2s1. The Labute approximate surface area is 154 Å². The van der Waals surface area contributed by atoms with Crippen molar-refractivity contribution in [3.63, 3.8) is 0 Å². The summed E-state index contributed by atoms with van der Waals surface area (Å²) in [5, 5.41) is 0.703. The summed E-state index contributed by atoms with van der Waals surface area (Å²) in [7, 11) is 1.84. The highest BCUT2D eigenvalue weighted by Crippen LogP contribution is 2.23. The second-order valence-electron chi connectivity index (χ2n) is 5.63. The minimum atomic E-state index is 0.0938. The van der Waals surface area contributed by atoms with Gasteiger partial charge in [0.15, 0.2) is 4.96 Å². The highest BCUT2D eigenvalue weighted by molar-refractivity contribution is 8.00. The van der Waals surface area contributed by atoms with Gasteiger partial charge in [-0.05, 0) is 38.1 Å². The van der Waals surface area contributed by atoms with Gasteiger partial charge < -0.3 is 4.90 Å².